The number of rotatable bonds is 16. The SMILES string of the molecule is CCCCCC(=O)Nc1ccc(C(=C(CC[C]2[CH][CH][CH][CH]2)[C]2[CH][CH][CH][CH]2)c2ccc(NC(=O)CCCCC)cc2)cc1. The Hall–Kier alpha value is -2.88. The first-order chi connectivity index (χ1) is 20.6. The van der Waals surface area contributed by atoms with E-state index < -0.39 is 0 Å². The van der Waals surface area contributed by atoms with Crippen LogP contribution in [0.4, 0.5) is 11.4 Å². The molecule has 2 aliphatic carbocycles. The molecule has 0 unspecified atom stereocenters. The molecule has 4 nitrogen and oxygen atoms in total. The number of nitrogens with one attached hydrogen (secondary N) is 2. The lowest BCUT2D eigenvalue weighted by atomic mass is 9.82. The fraction of sp³-hybridized carbons (Fsp3) is 0.316. The van der Waals surface area contributed by atoms with Crippen LogP contribution >= 0.6 is 0 Å². The number of carbonyl (C=O) groups is 2. The van der Waals surface area contributed by atoms with Crippen LogP contribution in [0.3, 0.4) is 0 Å². The van der Waals surface area contributed by atoms with Gasteiger partial charge in [-0.25, -0.2) is 0 Å². The van der Waals surface area contributed by atoms with E-state index in [0.717, 1.165) is 79.4 Å². The van der Waals surface area contributed by atoms with Crippen molar-refractivity contribution in [2.45, 2.75) is 78.1 Å². The molecule has 0 spiro atoms. The van der Waals surface area contributed by atoms with Crippen LogP contribution in [0.1, 0.15) is 89.2 Å². The molecule has 2 aromatic rings. The molecule has 0 bridgehead atoms. The number of amides is 2. The van der Waals surface area contributed by atoms with E-state index in [-0.39, 0.29) is 11.8 Å². The van der Waals surface area contributed by atoms with Gasteiger partial charge < -0.3 is 10.6 Å². The zero-order chi connectivity index (χ0) is 29.6. The van der Waals surface area contributed by atoms with Gasteiger partial charge >= 0.3 is 0 Å². The second-order valence-electron chi connectivity index (χ2n) is 11.0. The number of carbonyl (C=O) groups excluding carboxylic acids is 2. The largest absolute Gasteiger partial charge is 0.326 e. The summed E-state index contributed by atoms with van der Waals surface area (Å²) in [6.45, 7) is 4.28. The quantitative estimate of drug-likeness (QED) is 0.201. The second kappa shape index (κ2) is 17.3. The standard InChI is InChI=1S/C38H44N2O2/c1-3-5-7-17-36(41)39-33-24-20-31(21-25-33)38(32-22-26-34(27-23-32)40-37(42)18-8-6-4-2)35(30-15-11-12-16-30)28-19-29-13-9-10-14-29/h9-16,20-27H,3-8,17-19,28H2,1-2H3,(H,39,41)(H,40,42). The maximum absolute atomic E-state index is 12.4. The average molecular weight is 561 g/mol. The third kappa shape index (κ3) is 9.85. The van der Waals surface area contributed by atoms with E-state index in [1.807, 2.05) is 24.3 Å². The third-order valence-corrected chi connectivity index (χ3v) is 7.64. The summed E-state index contributed by atoms with van der Waals surface area (Å²) in [7, 11) is 0. The summed E-state index contributed by atoms with van der Waals surface area (Å²) in [4.78, 5) is 24.8. The highest BCUT2D eigenvalue weighted by molar-refractivity contribution is 5.93. The molecule has 0 aromatic heterocycles. The monoisotopic (exact) mass is 560 g/mol. The molecule has 2 N–H and O–H groups in total. The van der Waals surface area contributed by atoms with Gasteiger partial charge in [-0.1, -0.05) is 69.4 Å². The van der Waals surface area contributed by atoms with Gasteiger partial charge in [-0.15, -0.1) is 0 Å². The Morgan fingerprint density at radius 3 is 1.48 bits per heavy atom. The number of benzene rings is 2. The fourth-order valence-corrected chi connectivity index (χ4v) is 5.31. The van der Waals surface area contributed by atoms with Crippen molar-refractivity contribution in [3.63, 3.8) is 0 Å². The highest BCUT2D eigenvalue weighted by Crippen LogP contribution is 2.42. The molecular weight excluding hydrogens is 516 g/mol. The van der Waals surface area contributed by atoms with E-state index >= 15 is 0 Å². The van der Waals surface area contributed by atoms with Gasteiger partial charge in [-0.3, -0.25) is 9.59 Å². The van der Waals surface area contributed by atoms with Crippen molar-refractivity contribution in [3.8, 4) is 0 Å². The fourth-order valence-electron chi connectivity index (χ4n) is 5.31. The van der Waals surface area contributed by atoms with Gasteiger partial charge in [0, 0.05) is 30.1 Å². The van der Waals surface area contributed by atoms with Crippen LogP contribution in [-0.2, 0) is 9.59 Å². The molecule has 0 aliphatic heterocycles. The normalized spacial score (nSPS) is 15.6. The number of unbranched alkanes of at least 4 members (excludes halogenated alkanes) is 4. The number of hydrogen-bond donors (Lipinski definition) is 2. The first-order valence-corrected chi connectivity index (χ1v) is 15.5. The zero-order valence-electron chi connectivity index (χ0n) is 25.1. The summed E-state index contributed by atoms with van der Waals surface area (Å²) in [6, 6.07) is 16.4. The molecule has 4 heteroatoms. The van der Waals surface area contributed by atoms with Crippen molar-refractivity contribution in [2.24, 2.45) is 0 Å². The predicted molar refractivity (Wildman–Crippen MR) is 175 cm³/mol. The van der Waals surface area contributed by atoms with E-state index in [0.29, 0.717) is 12.8 Å². The summed E-state index contributed by atoms with van der Waals surface area (Å²) >= 11 is 0. The van der Waals surface area contributed by atoms with E-state index in [1.54, 1.807) is 0 Å². The minimum atomic E-state index is 0.0615. The molecular formula is C38H44N2O2. The summed E-state index contributed by atoms with van der Waals surface area (Å²) in [6.07, 6.45) is 26.1. The molecule has 42 heavy (non-hydrogen) atoms. The highest BCUT2D eigenvalue weighted by atomic mass is 16.2. The summed E-state index contributed by atoms with van der Waals surface area (Å²) < 4.78 is 0. The molecule has 0 atom stereocenters. The van der Waals surface area contributed by atoms with Crippen LogP contribution in [0.5, 0.6) is 0 Å². The lowest BCUT2D eigenvalue weighted by Gasteiger charge is -2.23. The number of allylic oxidation sites excluding steroid dienone is 1. The molecule has 0 saturated heterocycles. The van der Waals surface area contributed by atoms with Crippen LogP contribution in [0.2, 0.25) is 0 Å². The second-order valence-corrected chi connectivity index (χ2v) is 11.0. The van der Waals surface area contributed by atoms with Crippen molar-refractivity contribution >= 4 is 28.8 Å². The van der Waals surface area contributed by atoms with Gasteiger partial charge in [0.1, 0.15) is 0 Å². The van der Waals surface area contributed by atoms with Crippen molar-refractivity contribution in [1.82, 2.24) is 0 Å². The Labute approximate surface area is 255 Å². The Morgan fingerprint density at radius 2 is 1.02 bits per heavy atom. The highest BCUT2D eigenvalue weighted by Gasteiger charge is 2.27. The molecule has 218 valence electrons. The molecule has 4 rings (SSSR count). The van der Waals surface area contributed by atoms with E-state index in [1.165, 1.54) is 17.4 Å². The van der Waals surface area contributed by atoms with E-state index in [2.05, 4.69) is 100 Å². The van der Waals surface area contributed by atoms with Gasteiger partial charge in [0.05, 0.1) is 0 Å². The first-order valence-electron chi connectivity index (χ1n) is 15.5. The summed E-state index contributed by atoms with van der Waals surface area (Å²) in [5.41, 5.74) is 6.24. The maximum Gasteiger partial charge on any atom is 0.224 e. The van der Waals surface area contributed by atoms with E-state index in [9.17, 15) is 9.59 Å². The van der Waals surface area contributed by atoms with Crippen molar-refractivity contribution in [3.05, 3.63) is 128 Å². The van der Waals surface area contributed by atoms with Gasteiger partial charge in [0.15, 0.2) is 0 Å². The predicted octanol–water partition coefficient (Wildman–Crippen LogP) is 9.12. The van der Waals surface area contributed by atoms with Crippen molar-refractivity contribution < 1.29 is 9.59 Å². The smallest absolute Gasteiger partial charge is 0.224 e. The Balaban J connectivity index is 1.61. The Kier molecular flexibility index (Phi) is 13.2. The Morgan fingerprint density at radius 1 is 0.571 bits per heavy atom. The van der Waals surface area contributed by atoms with Crippen LogP contribution in [-0.4, -0.2) is 11.8 Å². The minimum Gasteiger partial charge on any atom is -0.326 e. The third-order valence-electron chi connectivity index (χ3n) is 7.64. The number of anilines is 2. The van der Waals surface area contributed by atoms with Gasteiger partial charge in [0.25, 0.3) is 0 Å². The van der Waals surface area contributed by atoms with Crippen molar-refractivity contribution in [2.75, 3.05) is 10.6 Å². The van der Waals surface area contributed by atoms with E-state index in [4.69, 9.17) is 0 Å². The van der Waals surface area contributed by atoms with Crippen LogP contribution < -0.4 is 10.6 Å². The molecule has 2 amide bonds. The average Bonchev–Trinajstić information content (AvgIpc) is 3.72. The van der Waals surface area contributed by atoms with Gasteiger partial charge in [-0.05, 0) is 124 Å². The van der Waals surface area contributed by atoms with Crippen LogP contribution in [0.15, 0.2) is 54.1 Å². The van der Waals surface area contributed by atoms with Gasteiger partial charge in [-0.2, -0.15) is 0 Å². The Bertz CT molecular complexity index is 1070. The van der Waals surface area contributed by atoms with Crippen molar-refractivity contribution in [1.29, 1.82) is 0 Å². The molecule has 2 saturated carbocycles. The lowest BCUT2D eigenvalue weighted by molar-refractivity contribution is -0.117. The van der Waals surface area contributed by atoms with Gasteiger partial charge in [0.2, 0.25) is 11.8 Å². The van der Waals surface area contributed by atoms with Crippen LogP contribution in [0.25, 0.3) is 5.57 Å². The first kappa shape index (κ1) is 32.0. The zero-order valence-corrected chi connectivity index (χ0v) is 25.1. The summed E-state index contributed by atoms with van der Waals surface area (Å²) in [5, 5.41) is 6.11. The lowest BCUT2D eigenvalue weighted by Crippen LogP contribution is -2.11. The summed E-state index contributed by atoms with van der Waals surface area (Å²) in [5.74, 6) is 2.65. The number of hydrogen-bond acceptors (Lipinski definition) is 2. The topological polar surface area (TPSA) is 58.2 Å². The minimum absolute atomic E-state index is 0.0615. The molecule has 0 heterocycles. The molecule has 2 aromatic carbocycles. The van der Waals surface area contributed by atoms with Crippen LogP contribution in [0, 0.1) is 63.2 Å². The maximum atomic E-state index is 12.4. The molecule has 10 radical (unpaired) electrons. The molecule has 2 fully saturated rings. The molecule has 2 aliphatic rings.